The van der Waals surface area contributed by atoms with Crippen LogP contribution in [-0.4, -0.2) is 37.7 Å². The van der Waals surface area contributed by atoms with Crippen LogP contribution in [-0.2, 0) is 22.4 Å². The van der Waals surface area contributed by atoms with Gasteiger partial charge in [0.1, 0.15) is 36.4 Å². The fraction of sp³-hybridized carbons (Fsp3) is 0.647. The average molecular weight is 334 g/mol. The van der Waals surface area contributed by atoms with Crippen molar-refractivity contribution in [3.8, 4) is 6.07 Å². The number of nitriles is 1. The minimum absolute atomic E-state index is 0.0146. The highest BCUT2D eigenvalue weighted by Crippen LogP contribution is 2.38. The van der Waals surface area contributed by atoms with Gasteiger partial charge in [0.15, 0.2) is 0 Å². The second-order valence-electron chi connectivity index (χ2n) is 6.64. The molecule has 1 amide bonds. The van der Waals surface area contributed by atoms with Gasteiger partial charge in [-0.05, 0) is 38.7 Å². The molecule has 1 aromatic heterocycles. The summed E-state index contributed by atoms with van der Waals surface area (Å²) in [4.78, 5) is 14.9. The highest BCUT2D eigenvalue weighted by molar-refractivity contribution is 7.16. The Morgan fingerprint density at radius 3 is 2.83 bits per heavy atom. The van der Waals surface area contributed by atoms with Crippen LogP contribution in [0.4, 0.5) is 5.00 Å². The molecule has 6 heteroatoms. The topological polar surface area (TPSA) is 66.6 Å². The van der Waals surface area contributed by atoms with E-state index in [0.717, 1.165) is 49.5 Å². The monoisotopic (exact) mass is 334 g/mol. The molecule has 1 aliphatic heterocycles. The Labute approximate surface area is 141 Å². The molecule has 3 rings (SSSR count). The highest BCUT2D eigenvalue weighted by Gasteiger charge is 2.26. The lowest BCUT2D eigenvalue weighted by Gasteiger charge is -2.32. The van der Waals surface area contributed by atoms with Crippen LogP contribution in [0.3, 0.4) is 0 Å². The number of aryl methyl sites for hydroxylation is 1. The lowest BCUT2D eigenvalue weighted by atomic mass is 10.1. The summed E-state index contributed by atoms with van der Waals surface area (Å²) in [5.74, 6) is 0.0146. The van der Waals surface area contributed by atoms with Gasteiger partial charge in [-0.15, -0.1) is 11.3 Å². The third-order valence-electron chi connectivity index (χ3n) is 4.61. The Hall–Kier alpha value is -1.42. The molecule has 1 aliphatic carbocycles. The zero-order valence-electron chi connectivity index (χ0n) is 13.8. The lowest BCUT2D eigenvalue weighted by molar-refractivity contribution is -0.914. The van der Waals surface area contributed by atoms with Crippen molar-refractivity contribution < 1.29 is 14.4 Å². The molecule has 1 fully saturated rings. The maximum atomic E-state index is 12.3. The molecule has 1 aromatic rings. The predicted octanol–water partition coefficient (Wildman–Crippen LogP) is 1.13. The number of hydrogen-bond donors (Lipinski definition) is 2. The molecule has 3 atom stereocenters. The summed E-state index contributed by atoms with van der Waals surface area (Å²) in [5.41, 5.74) is 1.85. The van der Waals surface area contributed by atoms with Gasteiger partial charge in [0.05, 0.1) is 18.5 Å². The molecule has 124 valence electrons. The van der Waals surface area contributed by atoms with E-state index in [1.54, 1.807) is 11.3 Å². The third kappa shape index (κ3) is 3.74. The van der Waals surface area contributed by atoms with E-state index in [2.05, 4.69) is 25.2 Å². The number of morpholine rings is 1. The summed E-state index contributed by atoms with van der Waals surface area (Å²) in [6.45, 7) is 6.89. The maximum Gasteiger partial charge on any atom is 0.230 e. The number of quaternary nitrogens is 1. The summed E-state index contributed by atoms with van der Waals surface area (Å²) >= 11 is 1.58. The van der Waals surface area contributed by atoms with Gasteiger partial charge in [-0.3, -0.25) is 4.79 Å². The van der Waals surface area contributed by atoms with Crippen LogP contribution in [0.2, 0.25) is 0 Å². The van der Waals surface area contributed by atoms with Gasteiger partial charge in [-0.1, -0.05) is 0 Å². The Bertz CT molecular complexity index is 625. The molecule has 2 N–H and O–H groups in total. The second kappa shape index (κ2) is 7.00. The number of nitrogens with zero attached hydrogens (tertiary/aromatic N) is 1. The average Bonchev–Trinajstić information content (AvgIpc) is 3.04. The van der Waals surface area contributed by atoms with Crippen molar-refractivity contribution in [1.82, 2.24) is 0 Å². The number of fused-ring (bicyclic) bond motifs is 1. The number of nitrogens with one attached hydrogen (secondary N) is 2. The minimum Gasteiger partial charge on any atom is -0.364 e. The molecule has 23 heavy (non-hydrogen) atoms. The van der Waals surface area contributed by atoms with Gasteiger partial charge in [0, 0.05) is 4.88 Å². The second-order valence-corrected chi connectivity index (χ2v) is 7.74. The Morgan fingerprint density at radius 2 is 2.13 bits per heavy atom. The number of rotatable bonds is 4. The molecule has 5 nitrogen and oxygen atoms in total. The fourth-order valence-corrected chi connectivity index (χ4v) is 4.94. The van der Waals surface area contributed by atoms with Crippen LogP contribution in [0.1, 0.15) is 42.7 Å². The number of thiophene rings is 1. The van der Waals surface area contributed by atoms with Crippen molar-refractivity contribution in [2.45, 2.75) is 51.7 Å². The molecule has 2 heterocycles. The first-order valence-electron chi connectivity index (χ1n) is 8.40. The summed E-state index contributed by atoms with van der Waals surface area (Å²) in [6.07, 6.45) is 4.13. The van der Waals surface area contributed by atoms with Crippen LogP contribution < -0.4 is 10.2 Å². The van der Waals surface area contributed by atoms with Crippen molar-refractivity contribution in [2.75, 3.05) is 25.0 Å². The quantitative estimate of drug-likeness (QED) is 0.867. The number of hydrogen-bond acceptors (Lipinski definition) is 4. The predicted molar refractivity (Wildman–Crippen MR) is 89.9 cm³/mol. The summed E-state index contributed by atoms with van der Waals surface area (Å²) in [7, 11) is 0. The largest absolute Gasteiger partial charge is 0.364 e. The first kappa shape index (κ1) is 16.4. The summed E-state index contributed by atoms with van der Waals surface area (Å²) in [5, 5.41) is 13.1. The van der Waals surface area contributed by atoms with Crippen LogP contribution >= 0.6 is 11.3 Å². The van der Waals surface area contributed by atoms with Gasteiger partial charge in [0.2, 0.25) is 5.91 Å². The zero-order valence-corrected chi connectivity index (χ0v) is 14.6. The minimum atomic E-state index is 0.0146. The Kier molecular flexibility index (Phi) is 5.00. The zero-order chi connectivity index (χ0) is 16.4. The molecule has 0 radical (unpaired) electrons. The number of amides is 1. The first-order chi connectivity index (χ1) is 11.1. The number of carbonyl (C=O) groups excluding carboxylic acids is 1. The van der Waals surface area contributed by atoms with E-state index in [-0.39, 0.29) is 18.1 Å². The van der Waals surface area contributed by atoms with Gasteiger partial charge in [-0.25, -0.2) is 0 Å². The number of anilines is 1. The van der Waals surface area contributed by atoms with Crippen molar-refractivity contribution in [2.24, 2.45) is 0 Å². The first-order valence-corrected chi connectivity index (χ1v) is 9.22. The Morgan fingerprint density at radius 1 is 1.39 bits per heavy atom. The highest BCUT2D eigenvalue weighted by atomic mass is 32.1. The van der Waals surface area contributed by atoms with Gasteiger partial charge in [0.25, 0.3) is 0 Å². The molecule has 0 spiro atoms. The van der Waals surface area contributed by atoms with E-state index in [1.165, 1.54) is 9.78 Å². The molecule has 0 saturated carbocycles. The molecule has 1 saturated heterocycles. The molecule has 1 unspecified atom stereocenters. The van der Waals surface area contributed by atoms with Crippen molar-refractivity contribution >= 4 is 22.2 Å². The van der Waals surface area contributed by atoms with Crippen molar-refractivity contribution in [3.63, 3.8) is 0 Å². The molecule has 2 aliphatic rings. The lowest BCUT2D eigenvalue weighted by Crippen LogP contribution is -3.15. The standard InChI is InChI=1S/C17H23N3O2S/c1-11-9-20(10-12(2)22-11)7-6-16(21)19-17-14(8-18)13-4-3-5-15(13)23-17/h11-12H,3-7,9-10H2,1-2H3,(H,19,21)/p+1/t11-,12+. The van der Waals surface area contributed by atoms with E-state index < -0.39 is 0 Å². The van der Waals surface area contributed by atoms with E-state index in [1.807, 2.05) is 0 Å². The number of ether oxygens (including phenoxy) is 1. The van der Waals surface area contributed by atoms with Crippen LogP contribution in [0, 0.1) is 11.3 Å². The van der Waals surface area contributed by atoms with Gasteiger partial charge >= 0.3 is 0 Å². The third-order valence-corrected chi connectivity index (χ3v) is 5.82. The van der Waals surface area contributed by atoms with Crippen LogP contribution in [0.25, 0.3) is 0 Å². The SMILES string of the molecule is C[C@@H]1C[NH+](CCC(=O)Nc2sc3c(c2C#N)CCC3)C[C@H](C)O1. The van der Waals surface area contributed by atoms with Crippen LogP contribution in [0.5, 0.6) is 0 Å². The fourth-order valence-electron chi connectivity index (χ4n) is 3.68. The normalized spacial score (nSPS) is 26.6. The Balaban J connectivity index is 1.55. The molecular formula is C17H24N3O2S+. The van der Waals surface area contributed by atoms with Crippen LogP contribution in [0.15, 0.2) is 0 Å². The summed E-state index contributed by atoms with van der Waals surface area (Å²) < 4.78 is 5.73. The molecule has 0 bridgehead atoms. The van der Waals surface area contributed by atoms with E-state index in [4.69, 9.17) is 4.74 Å². The maximum absolute atomic E-state index is 12.3. The van der Waals surface area contributed by atoms with Crippen molar-refractivity contribution in [3.05, 3.63) is 16.0 Å². The number of carbonyl (C=O) groups is 1. The van der Waals surface area contributed by atoms with Crippen molar-refractivity contribution in [1.29, 1.82) is 5.26 Å². The van der Waals surface area contributed by atoms with Gasteiger partial charge < -0.3 is 15.0 Å². The molecular weight excluding hydrogens is 310 g/mol. The van der Waals surface area contributed by atoms with Gasteiger partial charge in [-0.2, -0.15) is 5.26 Å². The summed E-state index contributed by atoms with van der Waals surface area (Å²) in [6, 6.07) is 2.27. The van der Waals surface area contributed by atoms with E-state index in [9.17, 15) is 10.1 Å². The smallest absolute Gasteiger partial charge is 0.230 e. The van der Waals surface area contributed by atoms with E-state index >= 15 is 0 Å². The van der Waals surface area contributed by atoms with E-state index in [0.29, 0.717) is 12.0 Å². The molecule has 0 aromatic carbocycles.